The lowest BCUT2D eigenvalue weighted by Crippen LogP contribution is -2.49. The number of benzene rings is 1. The van der Waals surface area contributed by atoms with Crippen LogP contribution in [0.2, 0.25) is 0 Å². The van der Waals surface area contributed by atoms with Crippen molar-refractivity contribution in [2.45, 2.75) is 13.3 Å². The molecule has 1 fully saturated rings. The Labute approximate surface area is 170 Å². The van der Waals surface area contributed by atoms with Crippen LogP contribution in [0.25, 0.3) is 11.7 Å². The molecule has 1 aliphatic heterocycles. The highest BCUT2D eigenvalue weighted by Gasteiger charge is 2.26. The van der Waals surface area contributed by atoms with E-state index in [2.05, 4.69) is 34.2 Å². The van der Waals surface area contributed by atoms with Crippen molar-refractivity contribution < 1.29 is 9.18 Å². The molecule has 0 N–H and O–H groups in total. The monoisotopic (exact) mass is 392 g/mol. The molecule has 5 nitrogen and oxygen atoms in total. The fourth-order valence-corrected chi connectivity index (χ4v) is 3.73. The molecule has 1 saturated heterocycles. The van der Waals surface area contributed by atoms with Crippen LogP contribution in [-0.2, 0) is 6.42 Å². The number of amides is 1. The maximum atomic E-state index is 13.7. The zero-order chi connectivity index (χ0) is 20.2. The molecule has 2 aromatic heterocycles. The molecule has 0 aliphatic carbocycles. The van der Waals surface area contributed by atoms with Crippen molar-refractivity contribution in [3.8, 4) is 0 Å². The van der Waals surface area contributed by atoms with Gasteiger partial charge in [-0.05, 0) is 24.1 Å². The van der Waals surface area contributed by atoms with Gasteiger partial charge in [-0.15, -0.1) is 0 Å². The van der Waals surface area contributed by atoms with E-state index in [1.165, 1.54) is 17.8 Å². The summed E-state index contributed by atoms with van der Waals surface area (Å²) in [7, 11) is 0. The summed E-state index contributed by atoms with van der Waals surface area (Å²) in [5.74, 6) is -0.443. The Morgan fingerprint density at radius 1 is 1.10 bits per heavy atom. The molecule has 0 saturated carbocycles. The molecule has 3 heterocycles. The van der Waals surface area contributed by atoms with Crippen molar-refractivity contribution in [1.29, 1.82) is 0 Å². The fraction of sp³-hybridized carbons (Fsp3) is 0.304. The molecule has 1 amide bonds. The zero-order valence-corrected chi connectivity index (χ0v) is 16.6. The van der Waals surface area contributed by atoms with E-state index in [9.17, 15) is 9.18 Å². The average molecular weight is 392 g/mol. The second kappa shape index (κ2) is 8.57. The van der Waals surface area contributed by atoms with Gasteiger partial charge < -0.3 is 4.90 Å². The summed E-state index contributed by atoms with van der Waals surface area (Å²) in [6.07, 6.45) is 6.27. The number of pyridine rings is 1. The Bertz CT molecular complexity index is 1020. The minimum absolute atomic E-state index is 0.0700. The molecule has 4 rings (SSSR count). The second-order valence-electron chi connectivity index (χ2n) is 7.24. The number of fused-ring (bicyclic) bond motifs is 1. The summed E-state index contributed by atoms with van der Waals surface area (Å²) in [6.45, 7) is 5.77. The largest absolute Gasteiger partial charge is 0.335 e. The zero-order valence-electron chi connectivity index (χ0n) is 16.6. The van der Waals surface area contributed by atoms with Crippen LogP contribution in [-0.4, -0.2) is 57.8 Å². The van der Waals surface area contributed by atoms with Crippen LogP contribution in [0.1, 0.15) is 28.7 Å². The topological polar surface area (TPSA) is 40.9 Å². The molecule has 0 radical (unpaired) electrons. The van der Waals surface area contributed by atoms with Crippen molar-refractivity contribution in [3.63, 3.8) is 0 Å². The lowest BCUT2D eigenvalue weighted by Gasteiger charge is -2.34. The van der Waals surface area contributed by atoms with Crippen LogP contribution in [0.4, 0.5) is 4.39 Å². The van der Waals surface area contributed by atoms with Gasteiger partial charge in [0.25, 0.3) is 5.91 Å². The van der Waals surface area contributed by atoms with E-state index in [1.807, 2.05) is 30.0 Å². The predicted octanol–water partition coefficient (Wildman–Crippen LogP) is 3.51. The summed E-state index contributed by atoms with van der Waals surface area (Å²) >= 11 is 0. The smallest absolute Gasteiger partial charge is 0.272 e. The molecule has 1 aliphatic rings. The molecular formula is C23H25FN4O. The summed E-state index contributed by atoms with van der Waals surface area (Å²) in [5, 5.41) is 0. The van der Waals surface area contributed by atoms with Crippen LogP contribution < -0.4 is 0 Å². The van der Waals surface area contributed by atoms with E-state index in [4.69, 9.17) is 0 Å². The van der Waals surface area contributed by atoms with Crippen LogP contribution in [0, 0.1) is 5.82 Å². The van der Waals surface area contributed by atoms with E-state index < -0.39 is 0 Å². The van der Waals surface area contributed by atoms with Gasteiger partial charge in [0.15, 0.2) is 0 Å². The van der Waals surface area contributed by atoms with Crippen molar-refractivity contribution in [2.24, 2.45) is 0 Å². The average Bonchev–Trinajstić information content (AvgIpc) is 3.12. The minimum Gasteiger partial charge on any atom is -0.335 e. The number of carbonyl (C=O) groups excluding carboxylic acids is 1. The van der Waals surface area contributed by atoms with Gasteiger partial charge >= 0.3 is 0 Å². The number of aromatic nitrogens is 2. The highest BCUT2D eigenvalue weighted by molar-refractivity contribution is 5.94. The second-order valence-corrected chi connectivity index (χ2v) is 7.24. The number of nitrogens with zero attached hydrogens (tertiary/aromatic N) is 4. The fourth-order valence-electron chi connectivity index (χ4n) is 3.73. The van der Waals surface area contributed by atoms with E-state index in [0.29, 0.717) is 36.5 Å². The number of imidazole rings is 1. The predicted molar refractivity (Wildman–Crippen MR) is 112 cm³/mol. The quantitative estimate of drug-likeness (QED) is 0.667. The van der Waals surface area contributed by atoms with Crippen molar-refractivity contribution >= 4 is 17.6 Å². The van der Waals surface area contributed by atoms with Crippen molar-refractivity contribution in [3.05, 3.63) is 77.5 Å². The van der Waals surface area contributed by atoms with Crippen LogP contribution >= 0.6 is 0 Å². The van der Waals surface area contributed by atoms with Gasteiger partial charge in [0.05, 0.1) is 5.69 Å². The lowest BCUT2D eigenvalue weighted by molar-refractivity contribution is 0.0642. The SMILES string of the molecule is CCc1nc2ccc(F)cn2c1C(=O)N1CCN(C/C=C/c2ccccc2)CC1. The summed E-state index contributed by atoms with van der Waals surface area (Å²) < 4.78 is 15.3. The van der Waals surface area contributed by atoms with Gasteiger partial charge in [-0.25, -0.2) is 9.37 Å². The number of aryl methyl sites for hydroxylation is 1. The Balaban J connectivity index is 1.41. The maximum absolute atomic E-state index is 13.7. The molecule has 0 spiro atoms. The van der Waals surface area contributed by atoms with E-state index in [1.54, 1.807) is 10.5 Å². The highest BCUT2D eigenvalue weighted by Crippen LogP contribution is 2.18. The van der Waals surface area contributed by atoms with E-state index in [-0.39, 0.29) is 11.7 Å². The summed E-state index contributed by atoms with van der Waals surface area (Å²) in [6, 6.07) is 13.2. The number of halogens is 1. The number of rotatable bonds is 5. The van der Waals surface area contributed by atoms with Gasteiger partial charge in [0.1, 0.15) is 17.2 Å². The normalized spacial score (nSPS) is 15.4. The van der Waals surface area contributed by atoms with Crippen LogP contribution in [0.15, 0.2) is 54.7 Å². The Morgan fingerprint density at radius 3 is 2.59 bits per heavy atom. The van der Waals surface area contributed by atoms with E-state index >= 15 is 0 Å². The number of hydrogen-bond donors (Lipinski definition) is 0. The Morgan fingerprint density at radius 2 is 1.86 bits per heavy atom. The van der Waals surface area contributed by atoms with Gasteiger partial charge in [0.2, 0.25) is 0 Å². The summed E-state index contributed by atoms with van der Waals surface area (Å²) in [5.41, 5.74) is 3.00. The minimum atomic E-state index is -0.373. The standard InChI is InChI=1S/C23H25FN4O/c1-2-20-22(28-17-19(24)10-11-21(28)25-20)23(29)27-15-13-26(14-16-27)12-6-9-18-7-4-3-5-8-18/h3-11,17H,2,12-16H2,1H3/b9-6+. The van der Waals surface area contributed by atoms with Crippen LogP contribution in [0.3, 0.4) is 0 Å². The first kappa shape index (κ1) is 19.3. The molecule has 0 atom stereocenters. The molecule has 0 unspecified atom stereocenters. The third-order valence-corrected chi connectivity index (χ3v) is 5.33. The van der Waals surface area contributed by atoms with Gasteiger partial charge in [0, 0.05) is 38.9 Å². The number of hydrogen-bond acceptors (Lipinski definition) is 3. The van der Waals surface area contributed by atoms with Gasteiger partial charge in [-0.3, -0.25) is 14.1 Å². The molecule has 3 aromatic rings. The molecule has 6 heteroatoms. The lowest BCUT2D eigenvalue weighted by atomic mass is 10.2. The molecule has 1 aromatic carbocycles. The Kier molecular flexibility index (Phi) is 5.71. The first-order valence-electron chi connectivity index (χ1n) is 10.1. The molecule has 150 valence electrons. The van der Waals surface area contributed by atoms with Gasteiger partial charge in [-0.2, -0.15) is 0 Å². The number of piperazine rings is 1. The van der Waals surface area contributed by atoms with Crippen LogP contribution in [0.5, 0.6) is 0 Å². The van der Waals surface area contributed by atoms with E-state index in [0.717, 1.165) is 19.6 Å². The highest BCUT2D eigenvalue weighted by atomic mass is 19.1. The third kappa shape index (κ3) is 4.22. The Hall–Kier alpha value is -2.99. The number of carbonyl (C=O) groups is 1. The molecule has 29 heavy (non-hydrogen) atoms. The first-order chi connectivity index (χ1) is 14.2. The van der Waals surface area contributed by atoms with Crippen molar-refractivity contribution in [1.82, 2.24) is 19.2 Å². The first-order valence-corrected chi connectivity index (χ1v) is 10.1. The van der Waals surface area contributed by atoms with Crippen molar-refractivity contribution in [2.75, 3.05) is 32.7 Å². The maximum Gasteiger partial charge on any atom is 0.272 e. The molecular weight excluding hydrogens is 367 g/mol. The third-order valence-electron chi connectivity index (χ3n) is 5.33. The molecule has 0 bridgehead atoms. The summed E-state index contributed by atoms with van der Waals surface area (Å²) in [4.78, 5) is 21.9. The van der Waals surface area contributed by atoms with Gasteiger partial charge in [-0.1, -0.05) is 49.4 Å².